The van der Waals surface area contributed by atoms with Crippen LogP contribution in [0.3, 0.4) is 0 Å². The number of nitrogens with one attached hydrogen (secondary N) is 1. The number of hydrogen-bond donors (Lipinski definition) is 1. The van der Waals surface area contributed by atoms with Gasteiger partial charge in [0.25, 0.3) is 0 Å². The second-order valence-corrected chi connectivity index (χ2v) is 6.35. The summed E-state index contributed by atoms with van der Waals surface area (Å²) in [6, 6.07) is 10.7. The molecule has 1 aromatic carbocycles. The van der Waals surface area contributed by atoms with Crippen LogP contribution in [-0.2, 0) is 11.2 Å². The van der Waals surface area contributed by atoms with Crippen LogP contribution < -0.4 is 5.32 Å². The van der Waals surface area contributed by atoms with Gasteiger partial charge in [0.1, 0.15) is 0 Å². The lowest BCUT2D eigenvalue weighted by atomic mass is 9.99. The molecule has 1 N–H and O–H groups in total. The number of rotatable bonds is 12. The summed E-state index contributed by atoms with van der Waals surface area (Å²) < 4.78 is 0. The molecule has 2 heteroatoms. The maximum Gasteiger partial charge on any atom is 0.217 e. The molecule has 22 heavy (non-hydrogen) atoms. The van der Waals surface area contributed by atoms with Gasteiger partial charge in [-0.2, -0.15) is 0 Å². The third kappa shape index (κ3) is 9.59. The van der Waals surface area contributed by atoms with Crippen LogP contribution in [0, 0.1) is 0 Å². The highest BCUT2D eigenvalue weighted by Crippen LogP contribution is 2.13. The Kier molecular flexibility index (Phi) is 10.4. The summed E-state index contributed by atoms with van der Waals surface area (Å²) in [5, 5.41) is 3.11. The van der Waals surface area contributed by atoms with E-state index in [9.17, 15) is 4.79 Å². The van der Waals surface area contributed by atoms with E-state index in [2.05, 4.69) is 36.5 Å². The van der Waals surface area contributed by atoms with E-state index in [0.29, 0.717) is 0 Å². The third-order valence-corrected chi connectivity index (χ3v) is 4.14. The molecular weight excluding hydrogens is 270 g/mol. The minimum Gasteiger partial charge on any atom is -0.353 e. The molecule has 0 saturated heterocycles. The summed E-state index contributed by atoms with van der Waals surface area (Å²) in [6.45, 7) is 3.88. The van der Waals surface area contributed by atoms with Crippen LogP contribution in [0.15, 0.2) is 30.3 Å². The molecule has 0 aromatic heterocycles. The van der Waals surface area contributed by atoms with Gasteiger partial charge in [-0.1, -0.05) is 88.6 Å². The summed E-state index contributed by atoms with van der Waals surface area (Å²) in [5.41, 5.74) is 1.31. The SMILES string of the molecule is CCCCCCCCCCC(Cc1ccccc1)NC(C)=O. The van der Waals surface area contributed by atoms with Crippen LogP contribution >= 0.6 is 0 Å². The van der Waals surface area contributed by atoms with Gasteiger partial charge in [0.05, 0.1) is 0 Å². The second kappa shape index (κ2) is 12.3. The van der Waals surface area contributed by atoms with Crippen molar-refractivity contribution in [3.63, 3.8) is 0 Å². The molecule has 0 aliphatic carbocycles. The number of benzene rings is 1. The van der Waals surface area contributed by atoms with E-state index in [1.165, 1.54) is 56.9 Å². The lowest BCUT2D eigenvalue weighted by Gasteiger charge is -2.18. The van der Waals surface area contributed by atoms with Crippen molar-refractivity contribution >= 4 is 5.91 Å². The van der Waals surface area contributed by atoms with Gasteiger partial charge >= 0.3 is 0 Å². The van der Waals surface area contributed by atoms with Crippen molar-refractivity contribution in [2.24, 2.45) is 0 Å². The molecule has 1 unspecified atom stereocenters. The first kappa shape index (κ1) is 18.7. The van der Waals surface area contributed by atoms with Crippen molar-refractivity contribution in [1.82, 2.24) is 5.32 Å². The molecule has 1 atom stereocenters. The van der Waals surface area contributed by atoms with Gasteiger partial charge in [0.15, 0.2) is 0 Å². The van der Waals surface area contributed by atoms with E-state index in [1.807, 2.05) is 6.07 Å². The van der Waals surface area contributed by atoms with Crippen molar-refractivity contribution in [2.45, 2.75) is 84.1 Å². The zero-order valence-electron chi connectivity index (χ0n) is 14.4. The molecule has 1 amide bonds. The first-order valence-corrected chi connectivity index (χ1v) is 9.03. The predicted molar refractivity (Wildman–Crippen MR) is 95.0 cm³/mol. The molecule has 124 valence electrons. The molecule has 0 aliphatic rings. The molecule has 0 spiro atoms. The zero-order valence-corrected chi connectivity index (χ0v) is 14.4. The maximum atomic E-state index is 11.4. The van der Waals surface area contributed by atoms with E-state index in [0.717, 1.165) is 12.8 Å². The van der Waals surface area contributed by atoms with E-state index >= 15 is 0 Å². The normalized spacial score (nSPS) is 12.1. The van der Waals surface area contributed by atoms with Crippen molar-refractivity contribution in [3.8, 4) is 0 Å². The van der Waals surface area contributed by atoms with Gasteiger partial charge in [-0.05, 0) is 18.4 Å². The summed E-state index contributed by atoms with van der Waals surface area (Å²) in [6.07, 6.45) is 12.7. The predicted octanol–water partition coefficient (Wildman–Crippen LogP) is 5.26. The van der Waals surface area contributed by atoms with Crippen LogP contribution in [0.5, 0.6) is 0 Å². The van der Waals surface area contributed by atoms with Crippen LogP contribution in [-0.4, -0.2) is 11.9 Å². The molecule has 0 heterocycles. The fourth-order valence-corrected chi connectivity index (χ4v) is 2.94. The zero-order chi connectivity index (χ0) is 16.0. The van der Waals surface area contributed by atoms with Crippen LogP contribution in [0.1, 0.15) is 77.2 Å². The van der Waals surface area contributed by atoms with Crippen LogP contribution in [0.2, 0.25) is 0 Å². The molecule has 1 aromatic rings. The standard InChI is InChI=1S/C20H33NO/c1-3-4-5-6-7-8-9-13-16-20(21-18(2)22)17-19-14-11-10-12-15-19/h10-12,14-15,20H,3-9,13,16-17H2,1-2H3,(H,21,22). The Balaban J connectivity index is 2.20. The molecular formula is C20H33NO. The number of carbonyl (C=O) groups is 1. The molecule has 2 nitrogen and oxygen atoms in total. The molecule has 0 fully saturated rings. The van der Waals surface area contributed by atoms with Gasteiger partial charge in [-0.25, -0.2) is 0 Å². The Labute approximate surface area is 136 Å². The Bertz CT molecular complexity index is 388. The van der Waals surface area contributed by atoms with E-state index in [-0.39, 0.29) is 11.9 Å². The lowest BCUT2D eigenvalue weighted by Crippen LogP contribution is -2.34. The number of carbonyl (C=O) groups excluding carboxylic acids is 1. The van der Waals surface area contributed by atoms with Gasteiger partial charge in [-0.3, -0.25) is 4.79 Å². The maximum absolute atomic E-state index is 11.4. The lowest BCUT2D eigenvalue weighted by molar-refractivity contribution is -0.119. The average molecular weight is 303 g/mol. The van der Waals surface area contributed by atoms with Crippen molar-refractivity contribution < 1.29 is 4.79 Å². The van der Waals surface area contributed by atoms with Gasteiger partial charge in [0, 0.05) is 13.0 Å². The fraction of sp³-hybridized carbons (Fsp3) is 0.650. The minimum absolute atomic E-state index is 0.0838. The number of unbranched alkanes of at least 4 members (excludes halogenated alkanes) is 7. The fourth-order valence-electron chi connectivity index (χ4n) is 2.94. The molecule has 0 radical (unpaired) electrons. The Morgan fingerprint density at radius 2 is 1.55 bits per heavy atom. The molecule has 0 saturated carbocycles. The highest BCUT2D eigenvalue weighted by atomic mass is 16.1. The minimum atomic E-state index is 0.0838. The molecule has 1 rings (SSSR count). The summed E-state index contributed by atoms with van der Waals surface area (Å²) in [5.74, 6) is 0.0838. The highest BCUT2D eigenvalue weighted by molar-refractivity contribution is 5.73. The Morgan fingerprint density at radius 1 is 0.955 bits per heavy atom. The first-order chi connectivity index (χ1) is 10.7. The highest BCUT2D eigenvalue weighted by Gasteiger charge is 2.10. The van der Waals surface area contributed by atoms with Crippen molar-refractivity contribution in [2.75, 3.05) is 0 Å². The molecule has 0 bridgehead atoms. The van der Waals surface area contributed by atoms with Gasteiger partial charge in [0.2, 0.25) is 5.91 Å². The van der Waals surface area contributed by atoms with E-state index in [4.69, 9.17) is 0 Å². The van der Waals surface area contributed by atoms with Crippen molar-refractivity contribution in [3.05, 3.63) is 35.9 Å². The Hall–Kier alpha value is -1.31. The number of amides is 1. The van der Waals surface area contributed by atoms with Crippen LogP contribution in [0.25, 0.3) is 0 Å². The largest absolute Gasteiger partial charge is 0.353 e. The van der Waals surface area contributed by atoms with Gasteiger partial charge in [-0.15, -0.1) is 0 Å². The average Bonchev–Trinajstić information content (AvgIpc) is 2.50. The molecule has 0 aliphatic heterocycles. The van der Waals surface area contributed by atoms with E-state index in [1.54, 1.807) is 6.92 Å². The summed E-state index contributed by atoms with van der Waals surface area (Å²) in [4.78, 5) is 11.4. The topological polar surface area (TPSA) is 29.1 Å². The first-order valence-electron chi connectivity index (χ1n) is 9.03. The van der Waals surface area contributed by atoms with Crippen LogP contribution in [0.4, 0.5) is 0 Å². The monoisotopic (exact) mass is 303 g/mol. The quantitative estimate of drug-likeness (QED) is 0.524. The summed E-state index contributed by atoms with van der Waals surface area (Å²) >= 11 is 0. The third-order valence-electron chi connectivity index (χ3n) is 4.14. The Morgan fingerprint density at radius 3 is 2.14 bits per heavy atom. The van der Waals surface area contributed by atoms with Gasteiger partial charge < -0.3 is 5.32 Å². The number of hydrogen-bond acceptors (Lipinski definition) is 1. The van der Waals surface area contributed by atoms with Crippen molar-refractivity contribution in [1.29, 1.82) is 0 Å². The second-order valence-electron chi connectivity index (χ2n) is 6.35. The smallest absolute Gasteiger partial charge is 0.217 e. The van der Waals surface area contributed by atoms with E-state index < -0.39 is 0 Å². The summed E-state index contributed by atoms with van der Waals surface area (Å²) in [7, 11) is 0.